The largest absolute Gasteiger partial charge is 0.452 e. The first-order valence-corrected chi connectivity index (χ1v) is 24.8. The third kappa shape index (κ3) is 7.96. The molecule has 0 saturated carbocycles. The van der Waals surface area contributed by atoms with Gasteiger partial charge in [-0.25, -0.2) is 0 Å². The summed E-state index contributed by atoms with van der Waals surface area (Å²) in [6, 6.07) is 103. The van der Waals surface area contributed by atoms with Crippen LogP contribution in [0.4, 0.5) is 68.2 Å². The quantitative estimate of drug-likeness (QED) is 0.122. The van der Waals surface area contributed by atoms with Gasteiger partial charge in [-0.05, 0) is 132 Å². The Hall–Kier alpha value is -9.84. The first-order valence-electron chi connectivity index (χ1n) is 24.8. The molecule has 12 aromatic carbocycles. The zero-order chi connectivity index (χ0) is 48.5. The molecule has 0 radical (unpaired) electrons. The van der Waals surface area contributed by atoms with E-state index in [0.717, 1.165) is 90.2 Å². The Bertz CT molecular complexity index is 3760. The van der Waals surface area contributed by atoms with Crippen LogP contribution in [0.1, 0.15) is 0 Å². The van der Waals surface area contributed by atoms with Gasteiger partial charge in [0.25, 0.3) is 0 Å². The standard InChI is InChI=1S/C68H48N4O/c1-5-25-51(26-6-1)69(63-37-17-23-49-21-13-15-33-59(49)63)55-41-45-57(46-42-55)71(53-29-9-3-10-30-53)65-39-19-35-61-62-36-20-40-66(68(62)73-67(61)65)72(54-31-11-4-12-32-54)58-47-43-56(44-48-58)70(52-27-7-2-8-28-52)64-38-18-24-50-22-14-16-34-60(50)64/h1-48H. The van der Waals surface area contributed by atoms with Crippen LogP contribution in [0.3, 0.4) is 0 Å². The minimum Gasteiger partial charge on any atom is -0.452 e. The maximum Gasteiger partial charge on any atom is 0.159 e. The summed E-state index contributed by atoms with van der Waals surface area (Å²) >= 11 is 0. The average Bonchev–Trinajstić information content (AvgIpc) is 3.86. The first kappa shape index (κ1) is 43.2. The molecule has 0 bridgehead atoms. The van der Waals surface area contributed by atoms with Crippen molar-refractivity contribution in [1.82, 2.24) is 0 Å². The molecule has 0 fully saturated rings. The van der Waals surface area contributed by atoms with Gasteiger partial charge in [0, 0.05) is 67.0 Å². The fourth-order valence-corrected chi connectivity index (χ4v) is 10.5. The molecule has 13 rings (SSSR count). The highest BCUT2D eigenvalue weighted by Crippen LogP contribution is 2.48. The van der Waals surface area contributed by atoms with Crippen molar-refractivity contribution in [2.45, 2.75) is 0 Å². The van der Waals surface area contributed by atoms with Gasteiger partial charge in [0.05, 0.1) is 22.7 Å². The van der Waals surface area contributed by atoms with Crippen LogP contribution in [0.25, 0.3) is 43.5 Å². The van der Waals surface area contributed by atoms with Crippen LogP contribution in [0.5, 0.6) is 0 Å². The lowest BCUT2D eigenvalue weighted by Gasteiger charge is -2.29. The zero-order valence-electron chi connectivity index (χ0n) is 39.9. The molecule has 0 amide bonds. The first-order chi connectivity index (χ1) is 36.2. The third-order valence-corrected chi connectivity index (χ3v) is 13.8. The molecule has 1 aromatic heterocycles. The molecule has 0 aliphatic heterocycles. The molecule has 5 heteroatoms. The fraction of sp³-hybridized carbons (Fsp3) is 0. The molecule has 0 spiro atoms. The predicted molar refractivity (Wildman–Crippen MR) is 307 cm³/mol. The van der Waals surface area contributed by atoms with E-state index in [4.69, 9.17) is 4.42 Å². The molecular formula is C68H48N4O. The number of para-hydroxylation sites is 6. The monoisotopic (exact) mass is 936 g/mol. The van der Waals surface area contributed by atoms with E-state index in [1.165, 1.54) is 21.5 Å². The number of furan rings is 1. The fourth-order valence-electron chi connectivity index (χ4n) is 10.5. The van der Waals surface area contributed by atoms with Crippen LogP contribution < -0.4 is 19.6 Å². The van der Waals surface area contributed by atoms with Crippen LogP contribution in [0.2, 0.25) is 0 Å². The molecule has 0 atom stereocenters. The van der Waals surface area contributed by atoms with Crippen molar-refractivity contribution in [3.8, 4) is 0 Å². The minimum atomic E-state index is 0.802. The normalized spacial score (nSPS) is 11.3. The summed E-state index contributed by atoms with van der Waals surface area (Å²) in [6.45, 7) is 0. The lowest BCUT2D eigenvalue weighted by atomic mass is 10.1. The number of benzene rings is 12. The molecule has 0 aliphatic carbocycles. The Kier molecular flexibility index (Phi) is 11.1. The van der Waals surface area contributed by atoms with Crippen molar-refractivity contribution < 1.29 is 4.42 Å². The van der Waals surface area contributed by atoms with Gasteiger partial charge in [-0.1, -0.05) is 170 Å². The van der Waals surface area contributed by atoms with Crippen LogP contribution >= 0.6 is 0 Å². The highest BCUT2D eigenvalue weighted by atomic mass is 16.3. The van der Waals surface area contributed by atoms with Gasteiger partial charge >= 0.3 is 0 Å². The third-order valence-electron chi connectivity index (χ3n) is 13.8. The molecule has 0 N–H and O–H groups in total. The Morgan fingerprint density at radius 1 is 0.178 bits per heavy atom. The van der Waals surface area contributed by atoms with E-state index >= 15 is 0 Å². The maximum absolute atomic E-state index is 7.30. The highest BCUT2D eigenvalue weighted by molar-refractivity contribution is 6.14. The molecule has 5 nitrogen and oxygen atoms in total. The number of anilines is 12. The second-order valence-corrected chi connectivity index (χ2v) is 18.1. The lowest BCUT2D eigenvalue weighted by Crippen LogP contribution is -2.12. The van der Waals surface area contributed by atoms with Gasteiger partial charge in [0.1, 0.15) is 0 Å². The van der Waals surface area contributed by atoms with Gasteiger partial charge in [0.2, 0.25) is 0 Å². The highest BCUT2D eigenvalue weighted by Gasteiger charge is 2.25. The SMILES string of the molecule is c1ccc(N(c2ccc(N(c3ccccc3)c3cccc4c3oc3c(N(c5ccccc5)c5ccc(N(c6ccccc6)c6cccc7ccccc67)cc5)cccc34)cc2)c2cccc3ccccc23)cc1. The topological polar surface area (TPSA) is 26.1 Å². The van der Waals surface area contributed by atoms with E-state index in [2.05, 4.69) is 311 Å². The minimum absolute atomic E-state index is 0.802. The number of nitrogens with zero attached hydrogens (tertiary/aromatic N) is 4. The summed E-state index contributed by atoms with van der Waals surface area (Å²) in [5, 5.41) is 6.85. The average molecular weight is 937 g/mol. The maximum atomic E-state index is 7.30. The van der Waals surface area contributed by atoms with Crippen molar-refractivity contribution in [2.75, 3.05) is 19.6 Å². The molecule has 0 saturated heterocycles. The van der Waals surface area contributed by atoms with E-state index in [0.29, 0.717) is 0 Å². The summed E-state index contributed by atoms with van der Waals surface area (Å²) in [6.07, 6.45) is 0. The molecule has 1 heterocycles. The van der Waals surface area contributed by atoms with Crippen LogP contribution in [-0.4, -0.2) is 0 Å². The molecule has 73 heavy (non-hydrogen) atoms. The van der Waals surface area contributed by atoms with Gasteiger partial charge in [-0.15, -0.1) is 0 Å². The van der Waals surface area contributed by atoms with Crippen LogP contribution in [0, 0.1) is 0 Å². The summed E-state index contributed by atoms with van der Waals surface area (Å²) in [5.41, 5.74) is 14.1. The second kappa shape index (κ2) is 18.8. The summed E-state index contributed by atoms with van der Waals surface area (Å²) in [5.74, 6) is 0. The number of hydrogen-bond acceptors (Lipinski definition) is 5. The van der Waals surface area contributed by atoms with Crippen LogP contribution in [-0.2, 0) is 0 Å². The Morgan fingerprint density at radius 2 is 0.411 bits per heavy atom. The Balaban J connectivity index is 0.927. The van der Waals surface area contributed by atoms with E-state index in [1.807, 2.05) is 0 Å². The second-order valence-electron chi connectivity index (χ2n) is 18.1. The van der Waals surface area contributed by atoms with E-state index in [9.17, 15) is 0 Å². The summed E-state index contributed by atoms with van der Waals surface area (Å²) in [7, 11) is 0. The van der Waals surface area contributed by atoms with Crippen molar-refractivity contribution in [2.24, 2.45) is 0 Å². The Labute approximate surface area is 424 Å². The van der Waals surface area contributed by atoms with Gasteiger partial charge in [-0.2, -0.15) is 0 Å². The zero-order valence-corrected chi connectivity index (χ0v) is 39.9. The summed E-state index contributed by atoms with van der Waals surface area (Å²) in [4.78, 5) is 9.30. The van der Waals surface area contributed by atoms with Crippen molar-refractivity contribution in [3.05, 3.63) is 291 Å². The van der Waals surface area contributed by atoms with Gasteiger partial charge in [-0.3, -0.25) is 0 Å². The van der Waals surface area contributed by atoms with Gasteiger partial charge < -0.3 is 24.0 Å². The van der Waals surface area contributed by atoms with Crippen molar-refractivity contribution in [3.63, 3.8) is 0 Å². The smallest absolute Gasteiger partial charge is 0.159 e. The predicted octanol–water partition coefficient (Wildman–Crippen LogP) is 19.8. The number of rotatable bonds is 12. The summed E-state index contributed by atoms with van der Waals surface area (Å²) < 4.78 is 7.30. The van der Waals surface area contributed by atoms with E-state index in [1.54, 1.807) is 0 Å². The van der Waals surface area contributed by atoms with Crippen molar-refractivity contribution >= 4 is 112 Å². The molecular weight excluding hydrogens is 889 g/mol. The number of hydrogen-bond donors (Lipinski definition) is 0. The Morgan fingerprint density at radius 3 is 0.753 bits per heavy atom. The van der Waals surface area contributed by atoms with E-state index < -0.39 is 0 Å². The van der Waals surface area contributed by atoms with E-state index in [-0.39, 0.29) is 0 Å². The van der Waals surface area contributed by atoms with Gasteiger partial charge in [0.15, 0.2) is 11.2 Å². The molecule has 13 aromatic rings. The lowest BCUT2D eigenvalue weighted by molar-refractivity contribution is 0.669. The molecule has 0 unspecified atom stereocenters. The molecule has 0 aliphatic rings. The molecule has 346 valence electrons. The van der Waals surface area contributed by atoms with Crippen LogP contribution in [0.15, 0.2) is 296 Å². The van der Waals surface area contributed by atoms with Crippen molar-refractivity contribution in [1.29, 1.82) is 0 Å². The number of fused-ring (bicyclic) bond motifs is 5.